The second-order valence-electron chi connectivity index (χ2n) is 11.5. The van der Waals surface area contributed by atoms with Crippen molar-refractivity contribution >= 4 is 47.3 Å². The third-order valence-corrected chi connectivity index (χ3v) is 8.60. The van der Waals surface area contributed by atoms with Gasteiger partial charge in [-0.3, -0.25) is 4.79 Å². The first-order valence-electron chi connectivity index (χ1n) is 15.9. The van der Waals surface area contributed by atoms with Gasteiger partial charge in [-0.05, 0) is 87.9 Å². The minimum absolute atomic E-state index is 0.180. The first kappa shape index (κ1) is 36.8. The number of hydrogen-bond acceptors (Lipinski definition) is 8. The molecule has 0 saturated carbocycles. The summed E-state index contributed by atoms with van der Waals surface area (Å²) in [5, 5.41) is 10.6. The molecule has 0 radical (unpaired) electrons. The van der Waals surface area contributed by atoms with E-state index in [-0.39, 0.29) is 24.5 Å². The molecule has 0 unspecified atom stereocenters. The number of ether oxygens (including phenoxy) is 4. The van der Waals surface area contributed by atoms with E-state index in [1.807, 2.05) is 50.2 Å². The molecule has 0 bridgehead atoms. The second-order valence-corrected chi connectivity index (χ2v) is 12.3. The first-order chi connectivity index (χ1) is 24.5. The molecule has 12 nitrogen and oxygen atoms in total. The number of carbonyl (C=O) groups excluding carboxylic acids is 3. The second kappa shape index (κ2) is 16.5. The molecule has 4 aromatic rings. The fraction of sp³-hybridized carbons (Fsp3) is 0.243. The Labute approximate surface area is 305 Å². The Morgan fingerprint density at radius 2 is 1.75 bits per heavy atom. The molecule has 5 rings (SSSR count). The summed E-state index contributed by atoms with van der Waals surface area (Å²) in [6, 6.07) is 18.6. The molecule has 0 spiro atoms. The molecule has 3 amide bonds. The van der Waals surface area contributed by atoms with Gasteiger partial charge in [-0.25, -0.2) is 15.0 Å². The summed E-state index contributed by atoms with van der Waals surface area (Å²) in [6.45, 7) is 7.42. The summed E-state index contributed by atoms with van der Waals surface area (Å²) < 4.78 is 24.4. The zero-order chi connectivity index (χ0) is 36.7. The van der Waals surface area contributed by atoms with Crippen molar-refractivity contribution in [3.8, 4) is 22.9 Å². The maximum absolute atomic E-state index is 12.7. The highest BCUT2D eigenvalue weighted by Crippen LogP contribution is 2.35. The van der Waals surface area contributed by atoms with Crippen LogP contribution in [-0.4, -0.2) is 49.0 Å². The minimum Gasteiger partial charge on any atom is -0.493 e. The van der Waals surface area contributed by atoms with E-state index in [4.69, 9.17) is 42.1 Å². The van der Waals surface area contributed by atoms with Gasteiger partial charge in [-0.15, -0.1) is 0 Å². The number of allylic oxidation sites excluding steroid dienone is 1. The lowest BCUT2D eigenvalue weighted by Crippen LogP contribution is -2.45. The number of nitrogens with zero attached hydrogens (tertiary/aromatic N) is 2. The number of aryl methyl sites for hydroxylation is 1. The van der Waals surface area contributed by atoms with Crippen molar-refractivity contribution in [1.82, 2.24) is 20.6 Å². The Balaban J connectivity index is 1.18. The molecule has 3 aromatic carbocycles. The number of rotatable bonds is 13. The molecule has 51 heavy (non-hydrogen) atoms. The van der Waals surface area contributed by atoms with E-state index in [0.717, 1.165) is 28.2 Å². The van der Waals surface area contributed by atoms with Crippen LogP contribution in [0.1, 0.15) is 48.0 Å². The standard InChI is InChI=1S/C37H37Cl2N5O7/c1-6-49-36(46)34-22(3)41-37(47)42-35(34)24-8-14-31(32(16-24)48-5)51-20-33(45)43-40-18-26-15-21(2)44(23(26)4)28-10-12-29(13-11-28)50-19-25-7-9-27(38)17-30(25)39/h7-18,35H,6,19-20H2,1-5H3,(H,43,45)(H2,41,42,47)/b40-18+/t35-/m1/s1. The molecular weight excluding hydrogens is 697 g/mol. The smallest absolute Gasteiger partial charge is 0.338 e. The van der Waals surface area contributed by atoms with Crippen molar-refractivity contribution in [2.24, 2.45) is 5.10 Å². The van der Waals surface area contributed by atoms with Gasteiger partial charge < -0.3 is 34.1 Å². The fourth-order valence-electron chi connectivity index (χ4n) is 5.56. The van der Waals surface area contributed by atoms with Crippen LogP contribution in [0.15, 0.2) is 83.1 Å². The van der Waals surface area contributed by atoms with Gasteiger partial charge in [0.1, 0.15) is 12.4 Å². The van der Waals surface area contributed by atoms with Gasteiger partial charge in [0.25, 0.3) is 5.91 Å². The lowest BCUT2D eigenvalue weighted by atomic mass is 9.95. The Morgan fingerprint density at radius 3 is 2.45 bits per heavy atom. The number of hydrogen-bond donors (Lipinski definition) is 3. The summed E-state index contributed by atoms with van der Waals surface area (Å²) in [5.41, 5.74) is 8.20. The molecule has 1 atom stereocenters. The van der Waals surface area contributed by atoms with Crippen molar-refractivity contribution in [1.29, 1.82) is 0 Å². The molecule has 1 aliphatic heterocycles. The van der Waals surface area contributed by atoms with E-state index in [1.165, 1.54) is 7.11 Å². The fourth-order valence-corrected chi connectivity index (χ4v) is 6.03. The SMILES string of the molecule is CCOC(=O)C1=C(C)NC(=O)N[C@@H]1c1ccc(OCC(=O)N/N=C/c2cc(C)n(-c3ccc(OCc4ccc(Cl)cc4Cl)cc3)c2C)c(OC)c1. The van der Waals surface area contributed by atoms with E-state index in [2.05, 4.69) is 25.7 Å². The predicted octanol–water partition coefficient (Wildman–Crippen LogP) is 6.71. The zero-order valence-electron chi connectivity index (χ0n) is 28.6. The number of aromatic nitrogens is 1. The lowest BCUT2D eigenvalue weighted by molar-refractivity contribution is -0.139. The number of hydrazone groups is 1. The van der Waals surface area contributed by atoms with Crippen molar-refractivity contribution in [3.05, 3.63) is 116 Å². The van der Waals surface area contributed by atoms with Crippen LogP contribution in [0.4, 0.5) is 4.79 Å². The first-order valence-corrected chi connectivity index (χ1v) is 16.7. The monoisotopic (exact) mass is 733 g/mol. The number of halogens is 2. The lowest BCUT2D eigenvalue weighted by Gasteiger charge is -2.28. The van der Waals surface area contributed by atoms with E-state index in [0.29, 0.717) is 39.4 Å². The molecule has 1 aliphatic rings. The topological polar surface area (TPSA) is 142 Å². The van der Waals surface area contributed by atoms with Gasteiger partial charge in [0.2, 0.25) is 0 Å². The Morgan fingerprint density at radius 1 is 0.980 bits per heavy atom. The Hall–Kier alpha value is -5.46. The summed E-state index contributed by atoms with van der Waals surface area (Å²) in [7, 11) is 1.45. The summed E-state index contributed by atoms with van der Waals surface area (Å²) in [5.74, 6) is 0.236. The van der Waals surface area contributed by atoms with Gasteiger partial charge in [0, 0.05) is 43.9 Å². The molecule has 1 aromatic heterocycles. The number of nitrogens with one attached hydrogen (secondary N) is 3. The normalized spacial score (nSPS) is 14.2. The Bertz CT molecular complexity index is 2010. The van der Waals surface area contributed by atoms with Crippen molar-refractivity contribution in [2.45, 2.75) is 40.3 Å². The number of esters is 1. The zero-order valence-corrected chi connectivity index (χ0v) is 30.1. The van der Waals surface area contributed by atoms with Crippen molar-refractivity contribution in [3.63, 3.8) is 0 Å². The number of benzene rings is 3. The van der Waals surface area contributed by atoms with Crippen LogP contribution in [0, 0.1) is 13.8 Å². The molecule has 2 heterocycles. The molecule has 14 heteroatoms. The van der Waals surface area contributed by atoms with E-state index in [9.17, 15) is 14.4 Å². The van der Waals surface area contributed by atoms with E-state index in [1.54, 1.807) is 50.4 Å². The van der Waals surface area contributed by atoms with Crippen LogP contribution in [0.5, 0.6) is 17.2 Å². The van der Waals surface area contributed by atoms with Crippen molar-refractivity contribution < 1.29 is 33.3 Å². The maximum Gasteiger partial charge on any atom is 0.338 e. The number of urea groups is 1. The number of carbonyl (C=O) groups is 3. The maximum atomic E-state index is 12.7. The molecular formula is C37H37Cl2N5O7. The van der Waals surface area contributed by atoms with Gasteiger partial charge >= 0.3 is 12.0 Å². The molecule has 0 aliphatic carbocycles. The summed E-state index contributed by atoms with van der Waals surface area (Å²) in [6.07, 6.45) is 1.57. The highest BCUT2D eigenvalue weighted by molar-refractivity contribution is 6.35. The van der Waals surface area contributed by atoms with Gasteiger partial charge in [0.15, 0.2) is 18.1 Å². The molecule has 3 N–H and O–H groups in total. The van der Waals surface area contributed by atoms with E-state index < -0.39 is 23.9 Å². The average Bonchev–Trinajstić information content (AvgIpc) is 3.38. The van der Waals surface area contributed by atoms with Gasteiger partial charge in [-0.1, -0.05) is 35.3 Å². The number of amides is 3. The van der Waals surface area contributed by atoms with Crippen LogP contribution < -0.4 is 30.3 Å². The third-order valence-electron chi connectivity index (χ3n) is 8.01. The number of methoxy groups -OCH3 is 1. The third kappa shape index (κ3) is 8.83. The van der Waals surface area contributed by atoms with Crippen LogP contribution >= 0.6 is 23.2 Å². The molecule has 0 fully saturated rings. The Kier molecular flexibility index (Phi) is 11.9. The highest BCUT2D eigenvalue weighted by atomic mass is 35.5. The largest absolute Gasteiger partial charge is 0.493 e. The molecule has 266 valence electrons. The highest BCUT2D eigenvalue weighted by Gasteiger charge is 2.32. The van der Waals surface area contributed by atoms with Gasteiger partial charge in [0.05, 0.1) is 31.5 Å². The average molecular weight is 735 g/mol. The van der Waals surface area contributed by atoms with Crippen LogP contribution in [0.25, 0.3) is 5.69 Å². The van der Waals surface area contributed by atoms with Crippen molar-refractivity contribution in [2.75, 3.05) is 20.3 Å². The van der Waals surface area contributed by atoms with Crippen LogP contribution in [-0.2, 0) is 20.9 Å². The quantitative estimate of drug-likeness (QED) is 0.0788. The molecule has 0 saturated heterocycles. The summed E-state index contributed by atoms with van der Waals surface area (Å²) in [4.78, 5) is 37.5. The van der Waals surface area contributed by atoms with E-state index >= 15 is 0 Å². The minimum atomic E-state index is -0.778. The van der Waals surface area contributed by atoms with Crippen LogP contribution in [0.2, 0.25) is 10.0 Å². The van der Waals surface area contributed by atoms with Crippen LogP contribution in [0.3, 0.4) is 0 Å². The van der Waals surface area contributed by atoms with Gasteiger partial charge in [-0.2, -0.15) is 5.10 Å². The predicted molar refractivity (Wildman–Crippen MR) is 194 cm³/mol. The summed E-state index contributed by atoms with van der Waals surface area (Å²) >= 11 is 12.2.